The van der Waals surface area contributed by atoms with E-state index in [9.17, 15) is 0 Å². The standard InChI is InChI=1S/C16H18N2/c1-11-14(17)8-5-9-15(11)18-16-10-13(16)12-6-3-2-4-7-12/h2-9,13,16,18H,10,17H2,1H3. The molecule has 0 amide bonds. The van der Waals surface area contributed by atoms with Gasteiger partial charge in [-0.25, -0.2) is 0 Å². The van der Waals surface area contributed by atoms with Crippen molar-refractivity contribution in [2.24, 2.45) is 0 Å². The molecule has 2 heteroatoms. The van der Waals surface area contributed by atoms with E-state index < -0.39 is 0 Å². The number of rotatable bonds is 3. The molecule has 2 aromatic carbocycles. The van der Waals surface area contributed by atoms with Crippen molar-refractivity contribution in [1.29, 1.82) is 0 Å². The largest absolute Gasteiger partial charge is 0.398 e. The highest BCUT2D eigenvalue weighted by Gasteiger charge is 2.38. The van der Waals surface area contributed by atoms with E-state index in [-0.39, 0.29) is 0 Å². The predicted octanol–water partition coefficient (Wildman–Crippen LogP) is 3.55. The molecule has 0 spiro atoms. The van der Waals surface area contributed by atoms with E-state index in [0.717, 1.165) is 11.3 Å². The van der Waals surface area contributed by atoms with E-state index in [1.807, 2.05) is 12.1 Å². The summed E-state index contributed by atoms with van der Waals surface area (Å²) in [6.07, 6.45) is 1.21. The number of benzene rings is 2. The molecule has 0 aromatic heterocycles. The van der Waals surface area contributed by atoms with Crippen LogP contribution in [0.2, 0.25) is 0 Å². The van der Waals surface area contributed by atoms with Gasteiger partial charge < -0.3 is 11.1 Å². The zero-order valence-corrected chi connectivity index (χ0v) is 10.6. The number of hydrogen-bond donors (Lipinski definition) is 2. The van der Waals surface area contributed by atoms with Crippen LogP contribution in [0.5, 0.6) is 0 Å². The quantitative estimate of drug-likeness (QED) is 0.803. The molecule has 2 atom stereocenters. The molecule has 0 bridgehead atoms. The van der Waals surface area contributed by atoms with Gasteiger partial charge in [0.05, 0.1) is 0 Å². The number of nitrogen functional groups attached to an aromatic ring is 1. The first-order valence-electron chi connectivity index (χ1n) is 6.42. The highest BCUT2D eigenvalue weighted by atomic mass is 15.0. The number of nitrogens with two attached hydrogens (primary N) is 1. The molecule has 0 heterocycles. The normalized spacial score (nSPS) is 21.6. The lowest BCUT2D eigenvalue weighted by Gasteiger charge is -2.11. The van der Waals surface area contributed by atoms with Gasteiger partial charge in [-0.05, 0) is 36.6 Å². The third kappa shape index (κ3) is 2.06. The Bertz CT molecular complexity index is 548. The topological polar surface area (TPSA) is 38.0 Å². The van der Waals surface area contributed by atoms with E-state index in [4.69, 9.17) is 5.73 Å². The van der Waals surface area contributed by atoms with Gasteiger partial charge in [0, 0.05) is 23.3 Å². The van der Waals surface area contributed by atoms with Crippen LogP contribution in [-0.2, 0) is 0 Å². The van der Waals surface area contributed by atoms with Crippen LogP contribution in [0.4, 0.5) is 11.4 Å². The van der Waals surface area contributed by atoms with Gasteiger partial charge in [-0.15, -0.1) is 0 Å². The summed E-state index contributed by atoms with van der Waals surface area (Å²) in [5.41, 5.74) is 10.5. The molecule has 2 aromatic rings. The minimum Gasteiger partial charge on any atom is -0.398 e. The highest BCUT2D eigenvalue weighted by molar-refractivity contribution is 5.64. The maximum absolute atomic E-state index is 5.92. The lowest BCUT2D eigenvalue weighted by molar-refractivity contribution is 1.04. The molecule has 0 radical (unpaired) electrons. The van der Waals surface area contributed by atoms with Gasteiger partial charge in [-0.1, -0.05) is 36.4 Å². The minimum atomic E-state index is 0.549. The fourth-order valence-electron chi connectivity index (χ4n) is 2.43. The van der Waals surface area contributed by atoms with Crippen molar-refractivity contribution in [3.63, 3.8) is 0 Å². The maximum Gasteiger partial charge on any atom is 0.0392 e. The summed E-state index contributed by atoms with van der Waals surface area (Å²) >= 11 is 0. The molecule has 2 nitrogen and oxygen atoms in total. The second kappa shape index (κ2) is 4.37. The van der Waals surface area contributed by atoms with Crippen LogP contribution >= 0.6 is 0 Å². The fraction of sp³-hybridized carbons (Fsp3) is 0.250. The van der Waals surface area contributed by atoms with Crippen molar-refractivity contribution in [3.8, 4) is 0 Å². The molecule has 0 aliphatic heterocycles. The second-order valence-electron chi connectivity index (χ2n) is 5.02. The molecule has 3 rings (SSSR count). The van der Waals surface area contributed by atoms with Crippen molar-refractivity contribution in [2.75, 3.05) is 11.1 Å². The van der Waals surface area contributed by atoms with Crippen LogP contribution in [-0.4, -0.2) is 6.04 Å². The number of nitrogens with one attached hydrogen (secondary N) is 1. The molecule has 1 saturated carbocycles. The smallest absolute Gasteiger partial charge is 0.0392 e. The molecule has 2 unspecified atom stereocenters. The number of hydrogen-bond acceptors (Lipinski definition) is 2. The summed E-state index contributed by atoms with van der Waals surface area (Å²) in [5.74, 6) is 0.645. The molecule has 18 heavy (non-hydrogen) atoms. The zero-order valence-electron chi connectivity index (χ0n) is 10.6. The molecule has 3 N–H and O–H groups in total. The Balaban J connectivity index is 1.71. The zero-order chi connectivity index (χ0) is 12.5. The van der Waals surface area contributed by atoms with Crippen molar-refractivity contribution in [3.05, 3.63) is 59.7 Å². The van der Waals surface area contributed by atoms with E-state index in [2.05, 4.69) is 48.6 Å². The molecule has 1 fully saturated rings. The van der Waals surface area contributed by atoms with Crippen LogP contribution in [0.15, 0.2) is 48.5 Å². The Morgan fingerprint density at radius 1 is 1.06 bits per heavy atom. The summed E-state index contributed by atoms with van der Waals surface area (Å²) in [7, 11) is 0. The van der Waals surface area contributed by atoms with Gasteiger partial charge in [-0.3, -0.25) is 0 Å². The summed E-state index contributed by atoms with van der Waals surface area (Å²) < 4.78 is 0. The van der Waals surface area contributed by atoms with Crippen LogP contribution < -0.4 is 11.1 Å². The Morgan fingerprint density at radius 2 is 1.83 bits per heavy atom. The van der Waals surface area contributed by atoms with E-state index in [1.165, 1.54) is 17.7 Å². The monoisotopic (exact) mass is 238 g/mol. The second-order valence-corrected chi connectivity index (χ2v) is 5.02. The van der Waals surface area contributed by atoms with Gasteiger partial charge in [0.15, 0.2) is 0 Å². The average Bonchev–Trinajstić information content (AvgIpc) is 3.15. The SMILES string of the molecule is Cc1c(N)cccc1NC1CC1c1ccccc1. The van der Waals surface area contributed by atoms with Gasteiger partial charge >= 0.3 is 0 Å². The summed E-state index contributed by atoms with van der Waals surface area (Å²) in [5, 5.41) is 3.59. The molecule has 0 saturated heterocycles. The Labute approximate surface area is 108 Å². The molecular weight excluding hydrogens is 220 g/mol. The minimum absolute atomic E-state index is 0.549. The first-order chi connectivity index (χ1) is 8.75. The lowest BCUT2D eigenvalue weighted by atomic mass is 10.1. The third-order valence-corrected chi connectivity index (χ3v) is 3.73. The highest BCUT2D eigenvalue weighted by Crippen LogP contribution is 2.43. The Hall–Kier alpha value is -1.96. The van der Waals surface area contributed by atoms with Gasteiger partial charge in [0.25, 0.3) is 0 Å². The Morgan fingerprint density at radius 3 is 2.61 bits per heavy atom. The summed E-state index contributed by atoms with van der Waals surface area (Å²) in [6, 6.07) is 17.3. The van der Waals surface area contributed by atoms with Crippen molar-refractivity contribution < 1.29 is 0 Å². The van der Waals surface area contributed by atoms with Crippen molar-refractivity contribution in [1.82, 2.24) is 0 Å². The van der Waals surface area contributed by atoms with Gasteiger partial charge in [-0.2, -0.15) is 0 Å². The van der Waals surface area contributed by atoms with Crippen LogP contribution in [0.25, 0.3) is 0 Å². The van der Waals surface area contributed by atoms with E-state index >= 15 is 0 Å². The van der Waals surface area contributed by atoms with Crippen LogP contribution in [0, 0.1) is 6.92 Å². The van der Waals surface area contributed by atoms with Gasteiger partial charge in [0.2, 0.25) is 0 Å². The summed E-state index contributed by atoms with van der Waals surface area (Å²) in [4.78, 5) is 0. The fourth-order valence-corrected chi connectivity index (χ4v) is 2.43. The Kier molecular flexibility index (Phi) is 2.71. The average molecular weight is 238 g/mol. The molecule has 1 aliphatic rings. The first-order valence-corrected chi connectivity index (χ1v) is 6.42. The van der Waals surface area contributed by atoms with E-state index in [1.54, 1.807) is 0 Å². The number of anilines is 2. The van der Waals surface area contributed by atoms with Crippen LogP contribution in [0.1, 0.15) is 23.5 Å². The van der Waals surface area contributed by atoms with E-state index in [0.29, 0.717) is 12.0 Å². The maximum atomic E-state index is 5.92. The molecule has 1 aliphatic carbocycles. The predicted molar refractivity (Wildman–Crippen MR) is 76.8 cm³/mol. The third-order valence-electron chi connectivity index (χ3n) is 3.73. The van der Waals surface area contributed by atoms with Crippen LogP contribution in [0.3, 0.4) is 0 Å². The molecular formula is C16H18N2. The summed E-state index contributed by atoms with van der Waals surface area (Å²) in [6.45, 7) is 2.07. The first kappa shape index (κ1) is 11.1. The van der Waals surface area contributed by atoms with Gasteiger partial charge in [0.1, 0.15) is 0 Å². The lowest BCUT2D eigenvalue weighted by Crippen LogP contribution is -2.06. The van der Waals surface area contributed by atoms with Crippen molar-refractivity contribution in [2.45, 2.75) is 25.3 Å². The van der Waals surface area contributed by atoms with Crippen molar-refractivity contribution >= 4 is 11.4 Å². The molecule has 92 valence electrons.